The van der Waals surface area contributed by atoms with Crippen LogP contribution in [0.3, 0.4) is 0 Å². The summed E-state index contributed by atoms with van der Waals surface area (Å²) in [7, 11) is 4.38. The molecule has 1 saturated heterocycles. The van der Waals surface area contributed by atoms with Crippen LogP contribution in [0.25, 0.3) is 0 Å². The van der Waals surface area contributed by atoms with Gasteiger partial charge in [-0.2, -0.15) is 0 Å². The first kappa shape index (κ1) is 11.7. The molecule has 1 rings (SSSR count). The Labute approximate surface area is 87.6 Å². The molecule has 1 aliphatic rings. The first-order valence-electron chi connectivity index (χ1n) is 5.44. The molecule has 1 unspecified atom stereocenters. The zero-order valence-corrected chi connectivity index (χ0v) is 9.45. The number of hydrogen-bond donors (Lipinski definition) is 1. The predicted octanol–water partition coefficient (Wildman–Crippen LogP) is 0.385. The molecule has 3 nitrogen and oxygen atoms in total. The number of nitrogens with two attached hydrogens (primary N) is 1. The molecular weight excluding hydrogens is 174 g/mol. The van der Waals surface area contributed by atoms with E-state index in [2.05, 4.69) is 30.0 Å². The molecule has 0 saturated carbocycles. The lowest BCUT2D eigenvalue weighted by atomic mass is 10.1. The number of nitrogens with zero attached hydrogens (tertiary/aromatic N) is 2. The number of likely N-dealkylation sites (tertiary alicyclic amines) is 1. The molecule has 0 aromatic heterocycles. The van der Waals surface area contributed by atoms with Crippen LogP contribution in [0, 0.1) is 5.92 Å². The van der Waals surface area contributed by atoms with Gasteiger partial charge >= 0.3 is 0 Å². The zero-order valence-electron chi connectivity index (χ0n) is 9.45. The van der Waals surface area contributed by atoms with Gasteiger partial charge in [-0.15, -0.1) is 0 Å². The standard InChI is InChI=1S/C11H23N3/c1-13(7-4-3-6-12)9-11-5-8-14(2)10-11/h3-4,11H,5-10,12H2,1-2H3. The average molecular weight is 197 g/mol. The summed E-state index contributed by atoms with van der Waals surface area (Å²) in [6, 6.07) is 0. The molecule has 0 aromatic carbocycles. The van der Waals surface area contributed by atoms with E-state index in [0.717, 1.165) is 12.5 Å². The Hall–Kier alpha value is -0.380. The van der Waals surface area contributed by atoms with Crippen LogP contribution in [0.4, 0.5) is 0 Å². The van der Waals surface area contributed by atoms with Gasteiger partial charge in [0.25, 0.3) is 0 Å². The van der Waals surface area contributed by atoms with E-state index in [1.807, 2.05) is 6.08 Å². The van der Waals surface area contributed by atoms with Gasteiger partial charge in [-0.3, -0.25) is 0 Å². The largest absolute Gasteiger partial charge is 0.327 e. The maximum absolute atomic E-state index is 5.38. The fourth-order valence-corrected chi connectivity index (χ4v) is 2.04. The summed E-state index contributed by atoms with van der Waals surface area (Å²) >= 11 is 0. The van der Waals surface area contributed by atoms with Crippen molar-refractivity contribution in [1.82, 2.24) is 9.80 Å². The Morgan fingerprint density at radius 2 is 2.29 bits per heavy atom. The summed E-state index contributed by atoms with van der Waals surface area (Å²) in [5, 5.41) is 0. The van der Waals surface area contributed by atoms with Crippen LogP contribution in [0.5, 0.6) is 0 Å². The van der Waals surface area contributed by atoms with E-state index in [1.165, 1.54) is 26.1 Å². The van der Waals surface area contributed by atoms with E-state index < -0.39 is 0 Å². The first-order chi connectivity index (χ1) is 6.72. The second-order valence-corrected chi connectivity index (χ2v) is 4.35. The monoisotopic (exact) mass is 197 g/mol. The Kier molecular flexibility index (Phi) is 5.15. The quantitative estimate of drug-likeness (QED) is 0.647. The number of rotatable bonds is 5. The molecular formula is C11H23N3. The SMILES string of the molecule is CN(CC=CCN)CC1CCN(C)C1. The van der Waals surface area contributed by atoms with Crippen LogP contribution in [-0.4, -0.2) is 56.6 Å². The summed E-state index contributed by atoms with van der Waals surface area (Å²) in [5.41, 5.74) is 5.38. The van der Waals surface area contributed by atoms with Crippen molar-refractivity contribution in [1.29, 1.82) is 0 Å². The van der Waals surface area contributed by atoms with Crippen molar-refractivity contribution in [2.24, 2.45) is 11.7 Å². The zero-order chi connectivity index (χ0) is 10.4. The van der Waals surface area contributed by atoms with E-state index >= 15 is 0 Å². The fourth-order valence-electron chi connectivity index (χ4n) is 2.04. The molecule has 0 amide bonds. The minimum Gasteiger partial charge on any atom is -0.327 e. The molecule has 1 atom stereocenters. The average Bonchev–Trinajstić information content (AvgIpc) is 2.52. The molecule has 3 heteroatoms. The highest BCUT2D eigenvalue weighted by molar-refractivity contribution is 4.86. The lowest BCUT2D eigenvalue weighted by Gasteiger charge is -2.19. The smallest absolute Gasteiger partial charge is 0.0160 e. The Balaban J connectivity index is 2.13. The van der Waals surface area contributed by atoms with Crippen LogP contribution < -0.4 is 5.73 Å². The van der Waals surface area contributed by atoms with Crippen LogP contribution in [0.1, 0.15) is 6.42 Å². The summed E-state index contributed by atoms with van der Waals surface area (Å²) < 4.78 is 0. The van der Waals surface area contributed by atoms with Crippen LogP contribution in [0.2, 0.25) is 0 Å². The fraction of sp³-hybridized carbons (Fsp3) is 0.818. The van der Waals surface area contributed by atoms with Crippen molar-refractivity contribution >= 4 is 0 Å². The van der Waals surface area contributed by atoms with Gasteiger partial charge in [0.15, 0.2) is 0 Å². The normalized spacial score (nSPS) is 24.1. The molecule has 0 radical (unpaired) electrons. The van der Waals surface area contributed by atoms with Crippen molar-refractivity contribution in [3.8, 4) is 0 Å². The Morgan fingerprint density at radius 3 is 2.86 bits per heavy atom. The van der Waals surface area contributed by atoms with E-state index in [1.54, 1.807) is 0 Å². The lowest BCUT2D eigenvalue weighted by Crippen LogP contribution is -2.27. The van der Waals surface area contributed by atoms with E-state index in [4.69, 9.17) is 5.73 Å². The Bertz CT molecular complexity index is 179. The van der Waals surface area contributed by atoms with Crippen molar-refractivity contribution in [3.05, 3.63) is 12.2 Å². The van der Waals surface area contributed by atoms with Gasteiger partial charge in [-0.1, -0.05) is 12.2 Å². The molecule has 1 aliphatic heterocycles. The van der Waals surface area contributed by atoms with Crippen molar-refractivity contribution in [3.63, 3.8) is 0 Å². The lowest BCUT2D eigenvalue weighted by molar-refractivity contribution is 0.295. The third-order valence-electron chi connectivity index (χ3n) is 2.78. The van der Waals surface area contributed by atoms with Crippen LogP contribution >= 0.6 is 0 Å². The van der Waals surface area contributed by atoms with E-state index in [9.17, 15) is 0 Å². The number of likely N-dealkylation sites (N-methyl/N-ethyl adjacent to an activating group) is 1. The second kappa shape index (κ2) is 6.17. The van der Waals surface area contributed by atoms with Gasteiger partial charge in [-0.05, 0) is 33.0 Å². The van der Waals surface area contributed by atoms with Crippen LogP contribution in [0.15, 0.2) is 12.2 Å². The molecule has 0 spiro atoms. The molecule has 0 aromatic rings. The van der Waals surface area contributed by atoms with Gasteiger partial charge in [0.05, 0.1) is 0 Å². The van der Waals surface area contributed by atoms with Gasteiger partial charge in [-0.25, -0.2) is 0 Å². The van der Waals surface area contributed by atoms with Gasteiger partial charge in [0.1, 0.15) is 0 Å². The Morgan fingerprint density at radius 1 is 1.50 bits per heavy atom. The van der Waals surface area contributed by atoms with Crippen molar-refractivity contribution in [2.45, 2.75) is 6.42 Å². The molecule has 2 N–H and O–H groups in total. The van der Waals surface area contributed by atoms with Gasteiger partial charge in [0, 0.05) is 26.2 Å². The summed E-state index contributed by atoms with van der Waals surface area (Å²) in [6.45, 7) is 5.40. The summed E-state index contributed by atoms with van der Waals surface area (Å²) in [6.07, 6.45) is 5.53. The van der Waals surface area contributed by atoms with Crippen molar-refractivity contribution in [2.75, 3.05) is 46.8 Å². The number of hydrogen-bond acceptors (Lipinski definition) is 3. The van der Waals surface area contributed by atoms with E-state index in [0.29, 0.717) is 6.54 Å². The van der Waals surface area contributed by atoms with E-state index in [-0.39, 0.29) is 0 Å². The highest BCUT2D eigenvalue weighted by atomic mass is 15.1. The topological polar surface area (TPSA) is 32.5 Å². The van der Waals surface area contributed by atoms with Crippen molar-refractivity contribution < 1.29 is 0 Å². The predicted molar refractivity (Wildman–Crippen MR) is 61.3 cm³/mol. The molecule has 14 heavy (non-hydrogen) atoms. The molecule has 1 heterocycles. The summed E-state index contributed by atoms with van der Waals surface area (Å²) in [4.78, 5) is 4.78. The summed E-state index contributed by atoms with van der Waals surface area (Å²) in [5.74, 6) is 0.858. The van der Waals surface area contributed by atoms with Gasteiger partial charge < -0.3 is 15.5 Å². The minimum absolute atomic E-state index is 0.653. The minimum atomic E-state index is 0.653. The molecule has 0 aliphatic carbocycles. The first-order valence-corrected chi connectivity index (χ1v) is 5.44. The maximum Gasteiger partial charge on any atom is 0.0160 e. The highest BCUT2D eigenvalue weighted by Crippen LogP contribution is 2.14. The highest BCUT2D eigenvalue weighted by Gasteiger charge is 2.19. The molecule has 82 valence electrons. The molecule has 1 fully saturated rings. The third kappa shape index (κ3) is 4.22. The second-order valence-electron chi connectivity index (χ2n) is 4.35. The van der Waals surface area contributed by atoms with Crippen LogP contribution in [-0.2, 0) is 0 Å². The maximum atomic E-state index is 5.38. The molecule has 0 bridgehead atoms. The third-order valence-corrected chi connectivity index (χ3v) is 2.78. The van der Waals surface area contributed by atoms with Gasteiger partial charge in [0.2, 0.25) is 0 Å².